The van der Waals surface area contributed by atoms with E-state index in [1.807, 2.05) is 6.07 Å². The lowest BCUT2D eigenvalue weighted by Crippen LogP contribution is -2.31. The van der Waals surface area contributed by atoms with Gasteiger partial charge in [-0.25, -0.2) is 4.98 Å². The first-order valence-electron chi connectivity index (χ1n) is 11.8. The van der Waals surface area contributed by atoms with Crippen LogP contribution >= 0.6 is 11.6 Å². The van der Waals surface area contributed by atoms with Crippen LogP contribution in [0.25, 0.3) is 22.4 Å². The molecule has 3 nitrogen and oxygen atoms in total. The number of rotatable bonds is 7. The lowest BCUT2D eigenvalue weighted by atomic mass is 9.76. The molecule has 1 aromatic heterocycles. The van der Waals surface area contributed by atoms with E-state index >= 15 is 0 Å². The molecular formula is C28H31ClN2O. The summed E-state index contributed by atoms with van der Waals surface area (Å²) in [4.78, 5) is 4.83. The molecule has 32 heavy (non-hydrogen) atoms. The van der Waals surface area contributed by atoms with Gasteiger partial charge in [-0.05, 0) is 73.2 Å². The number of hydrogen-bond acceptors (Lipinski definition) is 3. The van der Waals surface area contributed by atoms with E-state index in [1.165, 1.54) is 36.0 Å². The molecule has 2 aliphatic rings. The van der Waals surface area contributed by atoms with Crippen molar-refractivity contribution < 1.29 is 4.74 Å². The van der Waals surface area contributed by atoms with Crippen LogP contribution in [0.4, 0.5) is 0 Å². The molecule has 1 fully saturated rings. The molecule has 4 heteroatoms. The van der Waals surface area contributed by atoms with E-state index in [1.54, 1.807) is 7.11 Å². The van der Waals surface area contributed by atoms with Crippen molar-refractivity contribution in [3.63, 3.8) is 0 Å². The minimum Gasteiger partial charge on any atom is -0.481 e. The fourth-order valence-electron chi connectivity index (χ4n) is 5.39. The van der Waals surface area contributed by atoms with E-state index in [0.29, 0.717) is 5.88 Å². The third-order valence-corrected chi connectivity index (χ3v) is 7.47. The monoisotopic (exact) mass is 446 g/mol. The Hall–Kier alpha value is -2.36. The Morgan fingerprint density at radius 1 is 1.00 bits per heavy atom. The second kappa shape index (κ2) is 9.25. The molecule has 1 saturated carbocycles. The number of nitrogens with zero attached hydrogens (tertiary/aromatic N) is 1. The lowest BCUT2D eigenvalue weighted by Gasteiger charge is -2.32. The summed E-state index contributed by atoms with van der Waals surface area (Å²) >= 11 is 6.97. The zero-order chi connectivity index (χ0) is 22.1. The van der Waals surface area contributed by atoms with Crippen molar-refractivity contribution in [2.24, 2.45) is 11.8 Å². The van der Waals surface area contributed by atoms with Gasteiger partial charge in [0.05, 0.1) is 17.8 Å². The maximum atomic E-state index is 6.97. The fourth-order valence-corrected chi connectivity index (χ4v) is 5.71. The molecule has 0 saturated heterocycles. The predicted octanol–water partition coefficient (Wildman–Crippen LogP) is 6.70. The largest absolute Gasteiger partial charge is 0.481 e. The highest BCUT2D eigenvalue weighted by atomic mass is 35.5. The molecule has 5 rings (SSSR count). The minimum atomic E-state index is 0.666. The Morgan fingerprint density at radius 2 is 1.78 bits per heavy atom. The van der Waals surface area contributed by atoms with Gasteiger partial charge in [-0.2, -0.15) is 0 Å². The van der Waals surface area contributed by atoms with E-state index in [0.717, 1.165) is 65.2 Å². The molecule has 1 heterocycles. The van der Waals surface area contributed by atoms with Crippen molar-refractivity contribution in [1.29, 1.82) is 0 Å². The van der Waals surface area contributed by atoms with Crippen molar-refractivity contribution in [2.45, 2.75) is 45.6 Å². The van der Waals surface area contributed by atoms with Gasteiger partial charge in [-0.15, -0.1) is 0 Å². The highest BCUT2D eigenvalue weighted by molar-refractivity contribution is 6.36. The molecule has 2 aromatic carbocycles. The number of ether oxygens (including phenoxy) is 1. The van der Waals surface area contributed by atoms with Crippen LogP contribution in [0.2, 0.25) is 5.02 Å². The first-order chi connectivity index (χ1) is 15.6. The van der Waals surface area contributed by atoms with E-state index in [9.17, 15) is 0 Å². The highest BCUT2D eigenvalue weighted by Crippen LogP contribution is 2.40. The quantitative estimate of drug-likeness (QED) is 0.438. The van der Waals surface area contributed by atoms with Crippen molar-refractivity contribution in [3.8, 4) is 28.3 Å². The van der Waals surface area contributed by atoms with Crippen LogP contribution in [0.1, 0.15) is 42.9 Å². The van der Waals surface area contributed by atoms with Gasteiger partial charge < -0.3 is 10.1 Å². The maximum Gasteiger partial charge on any atom is 0.218 e. The smallest absolute Gasteiger partial charge is 0.218 e. The molecular weight excluding hydrogens is 416 g/mol. The summed E-state index contributed by atoms with van der Waals surface area (Å²) in [5, 5.41) is 4.33. The summed E-state index contributed by atoms with van der Waals surface area (Å²) in [6.45, 7) is 4.16. The Balaban J connectivity index is 1.40. The van der Waals surface area contributed by atoms with E-state index in [4.69, 9.17) is 21.3 Å². The third-order valence-electron chi connectivity index (χ3n) is 7.06. The van der Waals surface area contributed by atoms with Crippen LogP contribution in [0.15, 0.2) is 48.5 Å². The number of methoxy groups -OCH3 is 1. The normalized spacial score (nSPS) is 19.5. The number of halogens is 1. The second-order valence-electron chi connectivity index (χ2n) is 9.40. The van der Waals surface area contributed by atoms with Crippen LogP contribution in [-0.2, 0) is 19.4 Å². The molecule has 0 atom stereocenters. The molecule has 0 unspecified atom stereocenters. The van der Waals surface area contributed by atoms with Gasteiger partial charge in [0.15, 0.2) is 0 Å². The first kappa shape index (κ1) is 21.5. The summed E-state index contributed by atoms with van der Waals surface area (Å²) in [6.07, 6.45) is 6.17. The van der Waals surface area contributed by atoms with Crippen molar-refractivity contribution in [2.75, 3.05) is 13.7 Å². The zero-order valence-corrected chi connectivity index (χ0v) is 19.7. The number of aromatic nitrogens is 1. The third kappa shape index (κ3) is 4.16. The zero-order valence-electron chi connectivity index (χ0n) is 19.0. The van der Waals surface area contributed by atoms with Gasteiger partial charge in [0.1, 0.15) is 0 Å². The first-order valence-corrected chi connectivity index (χ1v) is 12.2. The summed E-state index contributed by atoms with van der Waals surface area (Å²) < 4.78 is 5.64. The minimum absolute atomic E-state index is 0.666. The van der Waals surface area contributed by atoms with Gasteiger partial charge in [0, 0.05) is 23.2 Å². The second-order valence-corrected chi connectivity index (χ2v) is 9.78. The van der Waals surface area contributed by atoms with Crippen molar-refractivity contribution >= 4 is 11.6 Å². The number of fused-ring (bicyclic) bond motifs is 1. The van der Waals surface area contributed by atoms with Crippen LogP contribution < -0.4 is 10.1 Å². The summed E-state index contributed by atoms with van der Waals surface area (Å²) in [7, 11) is 1.69. The van der Waals surface area contributed by atoms with Gasteiger partial charge in [-0.3, -0.25) is 0 Å². The molecule has 0 radical (unpaired) electrons. The highest BCUT2D eigenvalue weighted by Gasteiger charge is 2.24. The number of benzene rings is 2. The predicted molar refractivity (Wildman–Crippen MR) is 132 cm³/mol. The van der Waals surface area contributed by atoms with Crippen LogP contribution in [0, 0.1) is 11.8 Å². The topological polar surface area (TPSA) is 34.1 Å². The van der Waals surface area contributed by atoms with E-state index in [-0.39, 0.29) is 0 Å². The average molecular weight is 447 g/mol. The van der Waals surface area contributed by atoms with Crippen LogP contribution in [0.3, 0.4) is 0 Å². The fraction of sp³-hybridized carbons (Fsp3) is 0.393. The average Bonchev–Trinajstić information content (AvgIpc) is 3.27. The number of aryl methyl sites for hydroxylation is 1. The van der Waals surface area contributed by atoms with E-state index < -0.39 is 0 Å². The molecule has 0 amide bonds. The van der Waals surface area contributed by atoms with Crippen molar-refractivity contribution in [3.05, 3.63) is 70.2 Å². The lowest BCUT2D eigenvalue weighted by molar-refractivity contribution is 0.206. The van der Waals surface area contributed by atoms with E-state index in [2.05, 4.69) is 54.7 Å². The maximum absolute atomic E-state index is 6.97. The molecule has 1 N–H and O–H groups in total. The molecule has 2 aliphatic carbocycles. The standard InChI is InChI=1S/C28H31ClN2O/c1-18-14-19(15-18)16-30-17-21-12-13-26(31-28(21)32-2)25-11-5-10-24(27(25)29)23-9-4-7-20-6-3-8-22(20)23/h4-5,7,9-13,18-19,30H,3,6,8,14-17H2,1-2H3. The molecule has 166 valence electrons. The van der Waals surface area contributed by atoms with Crippen LogP contribution in [-0.4, -0.2) is 18.6 Å². The Bertz CT molecular complexity index is 1120. The number of hydrogen-bond donors (Lipinski definition) is 1. The molecule has 3 aromatic rings. The summed E-state index contributed by atoms with van der Waals surface area (Å²) in [5.41, 5.74) is 8.11. The Morgan fingerprint density at radius 3 is 2.59 bits per heavy atom. The Labute approximate surface area is 196 Å². The van der Waals surface area contributed by atoms with Gasteiger partial charge in [0.2, 0.25) is 5.88 Å². The molecule has 0 bridgehead atoms. The molecule has 0 aliphatic heterocycles. The van der Waals surface area contributed by atoms with Crippen molar-refractivity contribution in [1.82, 2.24) is 10.3 Å². The van der Waals surface area contributed by atoms with Gasteiger partial charge in [-0.1, -0.05) is 61.0 Å². The van der Waals surface area contributed by atoms with Crippen LogP contribution in [0.5, 0.6) is 5.88 Å². The Kier molecular flexibility index (Phi) is 6.21. The summed E-state index contributed by atoms with van der Waals surface area (Å²) in [6, 6.07) is 17.0. The SMILES string of the molecule is COc1nc(-c2cccc(-c3cccc4c3CCC4)c2Cl)ccc1CNCC1CC(C)C1. The summed E-state index contributed by atoms with van der Waals surface area (Å²) in [5.74, 6) is 2.36. The number of nitrogens with one attached hydrogen (secondary N) is 1. The molecule has 0 spiro atoms. The van der Waals surface area contributed by atoms with Gasteiger partial charge >= 0.3 is 0 Å². The number of pyridine rings is 1. The van der Waals surface area contributed by atoms with Gasteiger partial charge in [0.25, 0.3) is 0 Å².